The van der Waals surface area contributed by atoms with Crippen molar-refractivity contribution in [1.29, 1.82) is 5.26 Å². The monoisotopic (exact) mass is 720 g/mol. The molecule has 0 bridgehead atoms. The van der Waals surface area contributed by atoms with Crippen LogP contribution in [0, 0.1) is 11.3 Å². The summed E-state index contributed by atoms with van der Waals surface area (Å²) in [4.78, 5) is 30.9. The van der Waals surface area contributed by atoms with Gasteiger partial charge >= 0.3 is 0 Å². The van der Waals surface area contributed by atoms with Gasteiger partial charge in [-0.05, 0) is 96.7 Å². The van der Waals surface area contributed by atoms with Crippen LogP contribution in [0.2, 0.25) is 0 Å². The zero-order valence-corrected chi connectivity index (χ0v) is 31.0. The Morgan fingerprint density at radius 3 is 2.85 bits per heavy atom. The molecule has 1 amide bonds. The summed E-state index contributed by atoms with van der Waals surface area (Å²) in [5.74, 6) is 1.48. The molecular weight excluding hydrogens is 677 g/mol. The van der Waals surface area contributed by atoms with Crippen molar-refractivity contribution in [3.05, 3.63) is 81.4 Å². The van der Waals surface area contributed by atoms with Gasteiger partial charge in [-0.25, -0.2) is 9.67 Å². The third kappa shape index (κ3) is 6.54. The molecule has 4 atom stereocenters. The van der Waals surface area contributed by atoms with Crippen LogP contribution in [-0.2, 0) is 18.3 Å². The van der Waals surface area contributed by atoms with Crippen molar-refractivity contribution in [2.24, 2.45) is 0 Å². The van der Waals surface area contributed by atoms with Crippen LogP contribution in [0.3, 0.4) is 0 Å². The van der Waals surface area contributed by atoms with Gasteiger partial charge in [-0.1, -0.05) is 24.6 Å². The van der Waals surface area contributed by atoms with E-state index in [2.05, 4.69) is 59.3 Å². The molecule has 0 radical (unpaired) electrons. The number of carbonyl (C=O) groups is 1. The van der Waals surface area contributed by atoms with Crippen molar-refractivity contribution in [2.45, 2.75) is 96.2 Å². The van der Waals surface area contributed by atoms with Crippen molar-refractivity contribution in [2.75, 3.05) is 19.3 Å². The number of nitrogens with two attached hydrogens (primary N) is 1. The number of hydrogen-bond donors (Lipinski definition) is 2. The Labute approximate surface area is 307 Å². The van der Waals surface area contributed by atoms with Gasteiger partial charge in [0, 0.05) is 34.9 Å². The van der Waals surface area contributed by atoms with Gasteiger partial charge in [-0.15, -0.1) is 11.3 Å². The molecule has 0 aromatic carbocycles. The van der Waals surface area contributed by atoms with E-state index >= 15 is 0 Å². The smallest absolute Gasteiger partial charge is 0.272 e. The minimum atomic E-state index is -0.600. The average Bonchev–Trinajstić information content (AvgIpc) is 3.95. The molecule has 1 aliphatic carbocycles. The quantitative estimate of drug-likeness (QED) is 0.160. The fraction of sp³-hybridized carbons (Fsp3) is 0.447. The van der Waals surface area contributed by atoms with Crippen LogP contribution in [0.4, 0.5) is 5.00 Å². The van der Waals surface area contributed by atoms with Crippen LogP contribution >= 0.6 is 11.3 Å². The molecule has 3 N–H and O–H groups in total. The third-order valence-electron chi connectivity index (χ3n) is 10.4. The van der Waals surface area contributed by atoms with E-state index in [0.29, 0.717) is 46.0 Å². The summed E-state index contributed by atoms with van der Waals surface area (Å²) in [6, 6.07) is 11.3. The summed E-state index contributed by atoms with van der Waals surface area (Å²) in [5, 5.41) is 22.9. The van der Waals surface area contributed by atoms with Gasteiger partial charge < -0.3 is 20.3 Å². The Balaban J connectivity index is 1.28. The predicted octanol–water partition coefficient (Wildman–Crippen LogP) is 6.17. The Bertz CT molecular complexity index is 2120. The number of rotatable bonds is 11. The maximum Gasteiger partial charge on any atom is 0.272 e. The van der Waals surface area contributed by atoms with E-state index in [9.17, 15) is 10.1 Å². The van der Waals surface area contributed by atoms with Gasteiger partial charge in [0.15, 0.2) is 28.8 Å². The maximum atomic E-state index is 13.3. The first kappa shape index (κ1) is 35.3. The zero-order valence-electron chi connectivity index (χ0n) is 30.2. The van der Waals surface area contributed by atoms with Crippen molar-refractivity contribution in [3.8, 4) is 29.3 Å². The zero-order chi connectivity index (χ0) is 36.6. The van der Waals surface area contributed by atoms with E-state index in [0.717, 1.165) is 66.8 Å². The summed E-state index contributed by atoms with van der Waals surface area (Å²) in [6.45, 7) is 9.18. The van der Waals surface area contributed by atoms with E-state index in [1.54, 1.807) is 29.2 Å². The SMILES string of the molecule is CCCc1c(-c2nc(O[C@@H](C)[C@@H]3CCCN3C)cc(-n3ccc(C(=O)N[C@@H](C)c4ccccn4)n3)n2)noc1[C@@]1(C)CCCc2sc(N)c(C#N)c21. The normalized spacial score (nSPS) is 19.9. The van der Waals surface area contributed by atoms with Crippen LogP contribution < -0.4 is 15.8 Å². The van der Waals surface area contributed by atoms with Gasteiger partial charge in [0.25, 0.3) is 5.91 Å². The Hall–Kier alpha value is -5.13. The molecule has 2 aliphatic rings. The van der Waals surface area contributed by atoms with Crippen LogP contribution in [0.5, 0.6) is 5.88 Å². The maximum absolute atomic E-state index is 13.3. The second-order valence-corrected chi connectivity index (χ2v) is 15.2. The molecule has 0 spiro atoms. The lowest BCUT2D eigenvalue weighted by atomic mass is 9.69. The molecule has 14 heteroatoms. The Morgan fingerprint density at radius 2 is 2.12 bits per heavy atom. The molecule has 7 rings (SSSR count). The van der Waals surface area contributed by atoms with Gasteiger partial charge in [-0.2, -0.15) is 15.3 Å². The molecule has 1 aliphatic heterocycles. The first-order valence-corrected chi connectivity index (χ1v) is 18.8. The molecule has 52 heavy (non-hydrogen) atoms. The molecule has 5 aromatic rings. The first-order valence-electron chi connectivity index (χ1n) is 18.0. The summed E-state index contributed by atoms with van der Waals surface area (Å²) in [5.41, 5.74) is 9.60. The molecule has 1 fully saturated rings. The number of aryl methyl sites for hydroxylation is 1. The number of anilines is 1. The number of aromatic nitrogens is 6. The van der Waals surface area contributed by atoms with Crippen LogP contribution in [0.25, 0.3) is 17.3 Å². The van der Waals surface area contributed by atoms with E-state index in [-0.39, 0.29) is 29.8 Å². The highest BCUT2D eigenvalue weighted by Crippen LogP contribution is 2.50. The number of nitrogens with one attached hydrogen (secondary N) is 1. The van der Waals surface area contributed by atoms with Gasteiger partial charge in [0.05, 0.1) is 22.7 Å². The number of likely N-dealkylation sites (tertiary alicyclic amines) is 1. The van der Waals surface area contributed by atoms with E-state index in [4.69, 9.17) is 25.0 Å². The van der Waals surface area contributed by atoms with Gasteiger partial charge in [0.1, 0.15) is 17.2 Å². The highest BCUT2D eigenvalue weighted by Gasteiger charge is 2.44. The fourth-order valence-corrected chi connectivity index (χ4v) is 8.96. The second kappa shape index (κ2) is 14.5. The molecule has 0 unspecified atom stereocenters. The topological polar surface area (TPSA) is 174 Å². The fourth-order valence-electron chi connectivity index (χ4n) is 7.77. The number of pyridine rings is 1. The number of likely N-dealkylation sites (N-methyl/N-ethyl adjacent to an activating group) is 1. The van der Waals surface area contributed by atoms with Crippen molar-refractivity contribution in [1.82, 2.24) is 40.1 Å². The van der Waals surface area contributed by atoms with E-state index < -0.39 is 5.41 Å². The number of hydrogen-bond acceptors (Lipinski definition) is 12. The predicted molar refractivity (Wildman–Crippen MR) is 197 cm³/mol. The molecular formula is C38H44N10O3S. The Kier molecular flexibility index (Phi) is 9.82. The second-order valence-electron chi connectivity index (χ2n) is 14.0. The van der Waals surface area contributed by atoms with Crippen molar-refractivity contribution < 1.29 is 14.1 Å². The highest BCUT2D eigenvalue weighted by atomic mass is 32.1. The minimum Gasteiger partial charge on any atom is -0.473 e. The lowest BCUT2D eigenvalue weighted by Crippen LogP contribution is -2.38. The van der Waals surface area contributed by atoms with Gasteiger partial charge in [-0.3, -0.25) is 14.7 Å². The summed E-state index contributed by atoms with van der Waals surface area (Å²) >= 11 is 1.49. The van der Waals surface area contributed by atoms with Gasteiger partial charge in [0.2, 0.25) is 5.88 Å². The van der Waals surface area contributed by atoms with Crippen LogP contribution in [0.15, 0.2) is 47.2 Å². The Morgan fingerprint density at radius 1 is 1.27 bits per heavy atom. The van der Waals surface area contributed by atoms with E-state index in [1.165, 1.54) is 11.3 Å². The largest absolute Gasteiger partial charge is 0.473 e. The molecule has 1 saturated heterocycles. The highest BCUT2D eigenvalue weighted by molar-refractivity contribution is 7.16. The van der Waals surface area contributed by atoms with E-state index in [1.807, 2.05) is 25.1 Å². The van der Waals surface area contributed by atoms with Crippen LogP contribution in [-0.4, -0.2) is 66.4 Å². The average molecular weight is 721 g/mol. The number of nitrogens with zero attached hydrogens (tertiary/aromatic N) is 8. The number of nitrogen functional groups attached to an aromatic ring is 1. The van der Waals surface area contributed by atoms with Crippen molar-refractivity contribution in [3.63, 3.8) is 0 Å². The first-order chi connectivity index (χ1) is 25.1. The molecule has 13 nitrogen and oxygen atoms in total. The molecule has 270 valence electrons. The third-order valence-corrected chi connectivity index (χ3v) is 11.5. The lowest BCUT2D eigenvalue weighted by Gasteiger charge is -2.33. The number of fused-ring (bicyclic) bond motifs is 1. The van der Waals surface area contributed by atoms with Crippen LogP contribution in [0.1, 0.15) is 109 Å². The summed E-state index contributed by atoms with van der Waals surface area (Å²) in [7, 11) is 2.11. The molecule has 6 heterocycles. The molecule has 0 saturated carbocycles. The molecule has 5 aromatic heterocycles. The number of ether oxygens (including phenoxy) is 1. The standard InChI is InChI=1S/C38H44N10O3S/c1-6-11-24-33(46-51-34(24)38(4)16-9-14-29-32(38)25(21-39)35(40)52-29)36-43-30(20-31(44-36)50-23(3)28-13-10-18-47(28)5)48-19-15-27(45-48)37(49)42-22(2)26-12-7-8-17-41-26/h7-8,12,15,17,19-20,22-23,28H,6,9-11,13-14,16,18,40H2,1-5H3,(H,42,49)/t22-,23-,28-,38-/m0/s1. The van der Waals surface area contributed by atoms with Crippen molar-refractivity contribution >= 4 is 22.2 Å². The summed E-state index contributed by atoms with van der Waals surface area (Å²) in [6.07, 6.45) is 9.46. The minimum absolute atomic E-state index is 0.147. The number of thiophene rings is 1. The number of carbonyl (C=O) groups excluding carboxylic acids is 1. The lowest BCUT2D eigenvalue weighted by molar-refractivity contribution is 0.0933. The summed E-state index contributed by atoms with van der Waals surface area (Å²) < 4.78 is 14.4. The number of nitriles is 1. The number of amides is 1.